The fraction of sp³-hybridized carbons (Fsp3) is 0.125. The van der Waals surface area contributed by atoms with Crippen molar-refractivity contribution in [2.24, 2.45) is 10.7 Å². The standard InChI is InChI=1S/C16H15N3O2/c17-15-14(12-7-4-8-13(20)9-12)19(16(21)18-15)10-11-5-2-1-3-6-11/h1-9,14,20H,10H2,(H2,17,18,21). The van der Waals surface area contributed by atoms with Crippen LogP contribution < -0.4 is 5.73 Å². The molecule has 5 heteroatoms. The maximum atomic E-state index is 12.1. The molecule has 2 amide bonds. The minimum atomic E-state index is -0.440. The van der Waals surface area contributed by atoms with Crippen LogP contribution in [-0.4, -0.2) is 21.9 Å². The van der Waals surface area contributed by atoms with Gasteiger partial charge in [-0.15, -0.1) is 0 Å². The molecule has 1 aliphatic rings. The van der Waals surface area contributed by atoms with Gasteiger partial charge in [-0.05, 0) is 23.3 Å². The van der Waals surface area contributed by atoms with E-state index in [2.05, 4.69) is 4.99 Å². The lowest BCUT2D eigenvalue weighted by Gasteiger charge is -2.24. The van der Waals surface area contributed by atoms with E-state index in [1.807, 2.05) is 36.4 Å². The van der Waals surface area contributed by atoms with E-state index in [-0.39, 0.29) is 17.6 Å². The highest BCUT2D eigenvalue weighted by Crippen LogP contribution is 2.30. The van der Waals surface area contributed by atoms with Crippen LogP contribution in [0.3, 0.4) is 0 Å². The number of urea groups is 1. The van der Waals surface area contributed by atoms with Crippen molar-refractivity contribution in [1.29, 1.82) is 0 Å². The van der Waals surface area contributed by atoms with Crippen LogP contribution in [-0.2, 0) is 6.54 Å². The maximum Gasteiger partial charge on any atom is 0.346 e. The summed E-state index contributed by atoms with van der Waals surface area (Å²) >= 11 is 0. The maximum absolute atomic E-state index is 12.1. The van der Waals surface area contributed by atoms with Crippen LogP contribution in [0.5, 0.6) is 5.75 Å². The second kappa shape index (κ2) is 5.28. The molecule has 3 N–H and O–H groups in total. The lowest BCUT2D eigenvalue weighted by Crippen LogP contribution is -2.32. The van der Waals surface area contributed by atoms with Crippen LogP contribution in [0.2, 0.25) is 0 Å². The number of nitrogens with two attached hydrogens (primary N) is 1. The fourth-order valence-corrected chi connectivity index (χ4v) is 2.49. The second-order valence-electron chi connectivity index (χ2n) is 4.93. The third-order valence-electron chi connectivity index (χ3n) is 3.44. The topological polar surface area (TPSA) is 78.9 Å². The first-order valence-electron chi connectivity index (χ1n) is 6.62. The average molecular weight is 281 g/mol. The molecule has 1 heterocycles. The van der Waals surface area contributed by atoms with E-state index in [0.29, 0.717) is 6.54 Å². The van der Waals surface area contributed by atoms with Gasteiger partial charge < -0.3 is 15.7 Å². The van der Waals surface area contributed by atoms with Crippen LogP contribution >= 0.6 is 0 Å². The number of carbonyl (C=O) groups excluding carboxylic acids is 1. The van der Waals surface area contributed by atoms with Crippen molar-refractivity contribution >= 4 is 11.9 Å². The average Bonchev–Trinajstić information content (AvgIpc) is 2.74. The summed E-state index contributed by atoms with van der Waals surface area (Å²) in [6, 6.07) is 15.6. The van der Waals surface area contributed by atoms with E-state index in [1.165, 1.54) is 0 Å². The zero-order valence-electron chi connectivity index (χ0n) is 11.3. The summed E-state index contributed by atoms with van der Waals surface area (Å²) in [5.74, 6) is 0.390. The van der Waals surface area contributed by atoms with Crippen LogP contribution in [0.25, 0.3) is 0 Å². The Bertz CT molecular complexity index is 698. The molecule has 0 bridgehead atoms. The Kier molecular flexibility index (Phi) is 3.31. The smallest absolute Gasteiger partial charge is 0.346 e. The molecule has 0 spiro atoms. The van der Waals surface area contributed by atoms with Gasteiger partial charge in [-0.3, -0.25) is 0 Å². The molecule has 21 heavy (non-hydrogen) atoms. The van der Waals surface area contributed by atoms with Gasteiger partial charge in [0.05, 0.1) is 0 Å². The lowest BCUT2D eigenvalue weighted by atomic mass is 10.0. The summed E-state index contributed by atoms with van der Waals surface area (Å²) in [4.78, 5) is 17.5. The number of hydrogen-bond acceptors (Lipinski definition) is 3. The molecule has 1 atom stereocenters. The van der Waals surface area contributed by atoms with Gasteiger partial charge in [0, 0.05) is 6.54 Å². The van der Waals surface area contributed by atoms with Gasteiger partial charge in [0.1, 0.15) is 17.6 Å². The fourth-order valence-electron chi connectivity index (χ4n) is 2.49. The van der Waals surface area contributed by atoms with Crippen molar-refractivity contribution in [1.82, 2.24) is 4.90 Å². The second-order valence-corrected chi connectivity index (χ2v) is 4.93. The Balaban J connectivity index is 1.93. The van der Waals surface area contributed by atoms with E-state index in [1.54, 1.807) is 23.1 Å². The van der Waals surface area contributed by atoms with Gasteiger partial charge in [-0.2, -0.15) is 4.99 Å². The van der Waals surface area contributed by atoms with E-state index >= 15 is 0 Å². The number of phenols is 1. The summed E-state index contributed by atoms with van der Waals surface area (Å²) in [6.45, 7) is 0.421. The molecule has 1 aliphatic heterocycles. The number of hydrogen-bond donors (Lipinski definition) is 2. The summed E-state index contributed by atoms with van der Waals surface area (Å²) in [7, 11) is 0. The molecule has 106 valence electrons. The van der Waals surface area contributed by atoms with Gasteiger partial charge >= 0.3 is 6.03 Å². The van der Waals surface area contributed by atoms with Crippen molar-refractivity contribution in [3.05, 3.63) is 65.7 Å². The molecule has 0 fully saturated rings. The molecule has 2 aromatic rings. The molecule has 3 rings (SSSR count). The zero-order chi connectivity index (χ0) is 14.8. The quantitative estimate of drug-likeness (QED) is 0.906. The van der Waals surface area contributed by atoms with Crippen molar-refractivity contribution in [2.45, 2.75) is 12.6 Å². The van der Waals surface area contributed by atoms with E-state index in [0.717, 1.165) is 11.1 Å². The number of rotatable bonds is 3. The number of aromatic hydroxyl groups is 1. The Morgan fingerprint density at radius 2 is 1.90 bits per heavy atom. The molecule has 2 aromatic carbocycles. The Hall–Kier alpha value is -2.82. The summed E-state index contributed by atoms with van der Waals surface area (Å²) < 4.78 is 0. The molecule has 5 nitrogen and oxygen atoms in total. The minimum Gasteiger partial charge on any atom is -0.508 e. The van der Waals surface area contributed by atoms with E-state index < -0.39 is 6.04 Å². The third kappa shape index (κ3) is 2.58. The number of amidine groups is 1. The number of aliphatic imine (C=N–C) groups is 1. The SMILES string of the molecule is NC1=NC(=O)N(Cc2ccccc2)C1c1cccc(O)c1. The highest BCUT2D eigenvalue weighted by atomic mass is 16.3. The number of carbonyl (C=O) groups is 1. The van der Waals surface area contributed by atoms with Gasteiger partial charge in [-0.25, -0.2) is 4.79 Å². The Morgan fingerprint density at radius 1 is 1.14 bits per heavy atom. The molecular formula is C16H15N3O2. The number of benzene rings is 2. The number of amides is 2. The van der Waals surface area contributed by atoms with Crippen molar-refractivity contribution in [3.8, 4) is 5.75 Å². The minimum absolute atomic E-state index is 0.138. The number of nitrogens with zero attached hydrogens (tertiary/aromatic N) is 2. The Morgan fingerprint density at radius 3 is 2.62 bits per heavy atom. The number of phenolic OH excluding ortho intramolecular Hbond substituents is 1. The molecular weight excluding hydrogens is 266 g/mol. The Labute approximate surface area is 122 Å². The van der Waals surface area contributed by atoms with Crippen LogP contribution in [0.1, 0.15) is 17.2 Å². The van der Waals surface area contributed by atoms with Gasteiger partial charge in [-0.1, -0.05) is 42.5 Å². The third-order valence-corrected chi connectivity index (χ3v) is 3.44. The summed E-state index contributed by atoms with van der Waals surface area (Å²) in [6.07, 6.45) is 0. The van der Waals surface area contributed by atoms with Crippen LogP contribution in [0.4, 0.5) is 4.79 Å². The summed E-state index contributed by atoms with van der Waals surface area (Å²) in [5.41, 5.74) is 7.65. The lowest BCUT2D eigenvalue weighted by molar-refractivity contribution is 0.203. The zero-order valence-corrected chi connectivity index (χ0v) is 11.3. The highest BCUT2D eigenvalue weighted by Gasteiger charge is 2.34. The molecule has 0 radical (unpaired) electrons. The summed E-state index contributed by atoms with van der Waals surface area (Å²) in [5, 5.41) is 9.62. The first-order valence-corrected chi connectivity index (χ1v) is 6.62. The molecule has 0 saturated heterocycles. The first kappa shape index (κ1) is 13.2. The molecule has 0 aromatic heterocycles. The van der Waals surface area contributed by atoms with Gasteiger partial charge in [0.25, 0.3) is 0 Å². The van der Waals surface area contributed by atoms with Gasteiger partial charge in [0.15, 0.2) is 0 Å². The van der Waals surface area contributed by atoms with Crippen LogP contribution in [0, 0.1) is 0 Å². The molecule has 1 unspecified atom stereocenters. The van der Waals surface area contributed by atoms with Crippen LogP contribution in [0.15, 0.2) is 59.6 Å². The van der Waals surface area contributed by atoms with Crippen molar-refractivity contribution in [3.63, 3.8) is 0 Å². The van der Waals surface area contributed by atoms with E-state index in [9.17, 15) is 9.90 Å². The van der Waals surface area contributed by atoms with Crippen molar-refractivity contribution in [2.75, 3.05) is 0 Å². The van der Waals surface area contributed by atoms with Gasteiger partial charge in [0.2, 0.25) is 0 Å². The largest absolute Gasteiger partial charge is 0.508 e. The first-order chi connectivity index (χ1) is 10.1. The predicted molar refractivity (Wildman–Crippen MR) is 79.9 cm³/mol. The van der Waals surface area contributed by atoms with Crippen molar-refractivity contribution < 1.29 is 9.90 Å². The predicted octanol–water partition coefficient (Wildman–Crippen LogP) is 2.43. The highest BCUT2D eigenvalue weighted by molar-refractivity contribution is 6.03. The normalized spacial score (nSPS) is 17.9. The molecule has 0 saturated carbocycles. The van der Waals surface area contributed by atoms with E-state index in [4.69, 9.17) is 5.73 Å². The molecule has 0 aliphatic carbocycles. The monoisotopic (exact) mass is 281 g/mol.